The SMILES string of the molecule is COc1ccc2nc(C(F)(F)F)c3c(c2c1)CC[C@]1(C[C@H]2C(=O)N[C@]4(C(=O)NS(=O)(=O)C5(C)CC5)C[C@H]4/C=C\CCCCC[C@H](NC(=O)OC(C)(C)C)C(=O)N2C1)O3. The Bertz CT molecular complexity index is 2170. The first-order chi connectivity index (χ1) is 27.1. The van der Waals surface area contributed by atoms with Crippen molar-refractivity contribution in [2.75, 3.05) is 13.7 Å². The fraction of sp³-hybridized carbons (Fsp3) is 0.625. The monoisotopic (exact) mass is 833 g/mol. The molecule has 3 fully saturated rings. The third kappa shape index (κ3) is 8.04. The molecule has 0 unspecified atom stereocenters. The van der Waals surface area contributed by atoms with Gasteiger partial charge in [-0.15, -0.1) is 0 Å². The van der Waals surface area contributed by atoms with Gasteiger partial charge in [0.15, 0.2) is 11.4 Å². The summed E-state index contributed by atoms with van der Waals surface area (Å²) in [7, 11) is -2.66. The van der Waals surface area contributed by atoms with Gasteiger partial charge in [-0.05, 0) is 97.3 Å². The number of carbonyl (C=O) groups excluding carboxylic acids is 4. The zero-order valence-corrected chi connectivity index (χ0v) is 34.0. The van der Waals surface area contributed by atoms with Gasteiger partial charge in [0.25, 0.3) is 5.91 Å². The summed E-state index contributed by atoms with van der Waals surface area (Å²) in [6, 6.07) is 1.95. The Hall–Kier alpha value is -4.61. The molecular formula is C40H50F3N5O9S. The number of hydrogen-bond donors (Lipinski definition) is 3. The number of allylic oxidation sites excluding steroid dienone is 1. The predicted octanol–water partition coefficient (Wildman–Crippen LogP) is 5.21. The van der Waals surface area contributed by atoms with Crippen LogP contribution in [0.5, 0.6) is 11.5 Å². The van der Waals surface area contributed by atoms with Crippen molar-refractivity contribution >= 4 is 44.7 Å². The third-order valence-corrected chi connectivity index (χ3v) is 14.1. The molecule has 1 aromatic heterocycles. The lowest BCUT2D eigenvalue weighted by molar-refractivity contribution is -0.144. The maximum atomic E-state index is 14.7. The van der Waals surface area contributed by atoms with Crippen LogP contribution >= 0.6 is 0 Å². The number of fused-ring (bicyclic) bond motifs is 5. The molecule has 7 rings (SSSR count). The topological polar surface area (TPSA) is 182 Å². The first kappa shape index (κ1) is 41.5. The summed E-state index contributed by atoms with van der Waals surface area (Å²) >= 11 is 0. The quantitative estimate of drug-likeness (QED) is 0.338. The molecular weight excluding hydrogens is 784 g/mol. The van der Waals surface area contributed by atoms with Crippen molar-refractivity contribution in [3.05, 3.63) is 41.6 Å². The number of ether oxygens (including phenoxy) is 3. The van der Waals surface area contributed by atoms with Gasteiger partial charge in [0.2, 0.25) is 21.8 Å². The summed E-state index contributed by atoms with van der Waals surface area (Å²) in [6.45, 7) is 6.19. The second-order valence-corrected chi connectivity index (χ2v) is 19.7. The molecule has 3 aliphatic heterocycles. The smallest absolute Gasteiger partial charge is 0.437 e. The maximum absolute atomic E-state index is 14.7. The molecule has 58 heavy (non-hydrogen) atoms. The molecule has 3 N–H and O–H groups in total. The van der Waals surface area contributed by atoms with Crippen LogP contribution in [0.25, 0.3) is 10.9 Å². The van der Waals surface area contributed by atoms with Crippen molar-refractivity contribution in [1.82, 2.24) is 25.2 Å². The van der Waals surface area contributed by atoms with Crippen LogP contribution < -0.4 is 24.8 Å². The zero-order chi connectivity index (χ0) is 42.1. The molecule has 316 valence electrons. The molecule has 2 aliphatic carbocycles. The van der Waals surface area contributed by atoms with E-state index in [0.29, 0.717) is 49.7 Å². The fourth-order valence-electron chi connectivity index (χ4n) is 8.28. The fourth-order valence-corrected chi connectivity index (χ4v) is 9.59. The molecule has 2 saturated carbocycles. The molecule has 1 spiro atoms. The van der Waals surface area contributed by atoms with E-state index in [1.165, 1.54) is 31.1 Å². The Morgan fingerprint density at radius 1 is 1.07 bits per heavy atom. The average Bonchev–Trinajstić information content (AvgIpc) is 4.03. The van der Waals surface area contributed by atoms with Gasteiger partial charge in [0, 0.05) is 23.3 Å². The Morgan fingerprint density at radius 2 is 1.81 bits per heavy atom. The number of nitrogens with zero attached hydrogens (tertiary/aromatic N) is 2. The number of nitrogens with one attached hydrogen (secondary N) is 3. The number of aromatic nitrogens is 1. The van der Waals surface area contributed by atoms with Crippen LogP contribution in [-0.2, 0) is 41.7 Å². The number of sulfonamides is 1. The molecule has 14 nitrogen and oxygen atoms in total. The number of benzene rings is 1. The summed E-state index contributed by atoms with van der Waals surface area (Å²) in [5.74, 6) is -3.08. The van der Waals surface area contributed by atoms with Gasteiger partial charge >= 0.3 is 12.3 Å². The van der Waals surface area contributed by atoms with Gasteiger partial charge in [-0.25, -0.2) is 18.2 Å². The highest BCUT2D eigenvalue weighted by Crippen LogP contribution is 2.50. The van der Waals surface area contributed by atoms with Gasteiger partial charge in [-0.1, -0.05) is 25.0 Å². The van der Waals surface area contributed by atoms with E-state index in [-0.39, 0.29) is 49.7 Å². The van der Waals surface area contributed by atoms with Crippen molar-refractivity contribution < 1.29 is 55.0 Å². The first-order valence-electron chi connectivity index (χ1n) is 19.7. The second-order valence-electron chi connectivity index (χ2n) is 17.5. The molecule has 2 aromatic rings. The summed E-state index contributed by atoms with van der Waals surface area (Å²) in [6.07, 6.45) is 1.23. The summed E-state index contributed by atoms with van der Waals surface area (Å²) in [4.78, 5) is 61.5. The van der Waals surface area contributed by atoms with E-state index in [2.05, 4.69) is 20.3 Å². The van der Waals surface area contributed by atoms with Crippen molar-refractivity contribution in [3.63, 3.8) is 0 Å². The molecule has 0 radical (unpaired) electrons. The number of halogens is 3. The molecule has 4 amide bonds. The number of hydrogen-bond acceptors (Lipinski definition) is 10. The van der Waals surface area contributed by atoms with Gasteiger partial charge in [-0.3, -0.25) is 19.1 Å². The van der Waals surface area contributed by atoms with Crippen molar-refractivity contribution in [1.29, 1.82) is 0 Å². The van der Waals surface area contributed by atoms with Crippen molar-refractivity contribution in [2.45, 2.75) is 138 Å². The number of amides is 4. The van der Waals surface area contributed by atoms with Gasteiger partial charge < -0.3 is 29.7 Å². The Labute approximate surface area is 335 Å². The van der Waals surface area contributed by atoms with E-state index in [1.54, 1.807) is 32.9 Å². The van der Waals surface area contributed by atoms with Crippen LogP contribution in [0.15, 0.2) is 30.4 Å². The van der Waals surface area contributed by atoms with Gasteiger partial charge in [0.1, 0.15) is 34.6 Å². The highest BCUT2D eigenvalue weighted by Gasteiger charge is 2.64. The predicted molar refractivity (Wildman–Crippen MR) is 204 cm³/mol. The lowest BCUT2D eigenvalue weighted by Crippen LogP contribution is -2.58. The van der Waals surface area contributed by atoms with Crippen LogP contribution in [0.2, 0.25) is 0 Å². The number of aryl methyl sites for hydroxylation is 1. The zero-order valence-electron chi connectivity index (χ0n) is 33.2. The highest BCUT2D eigenvalue weighted by atomic mass is 32.2. The van der Waals surface area contributed by atoms with Crippen molar-refractivity contribution in [2.24, 2.45) is 5.92 Å². The van der Waals surface area contributed by atoms with E-state index in [9.17, 15) is 40.8 Å². The minimum Gasteiger partial charge on any atom is -0.497 e. The van der Waals surface area contributed by atoms with E-state index in [0.717, 1.165) is 0 Å². The standard InChI is InChI=1S/C40H50F3N5O9S/c1-36(2,3)57-35(52)45-28-12-10-8-6-7-9-11-23-20-39(23,34(51)47-58(53,54)37(4)17-18-37)46-32(49)29-21-38(22-48(29)33(28)50)16-15-25-26-19-24(55-5)13-14-27(26)44-31(30(25)56-38)40(41,42)43/h9,11,13-14,19,23,28-29H,6-8,10,12,15-18,20-22H2,1-5H3,(H,45,52)(H,46,49)(H,47,51)/b11-9-/t23-,28+,29+,38-,39-/m1/s1. The molecule has 0 bridgehead atoms. The molecule has 1 aromatic carbocycles. The van der Waals surface area contributed by atoms with E-state index >= 15 is 0 Å². The molecule has 18 heteroatoms. The number of rotatable bonds is 5. The second kappa shape index (κ2) is 14.6. The number of pyridine rings is 1. The largest absolute Gasteiger partial charge is 0.497 e. The minimum atomic E-state index is -4.93. The lowest BCUT2D eigenvalue weighted by atomic mass is 9.87. The molecule has 5 aliphatic rings. The van der Waals surface area contributed by atoms with Crippen LogP contribution in [0, 0.1) is 5.92 Å². The molecule has 1 saturated heterocycles. The third-order valence-electron chi connectivity index (χ3n) is 12.0. The van der Waals surface area contributed by atoms with E-state index in [1.807, 2.05) is 6.08 Å². The normalized spacial score (nSPS) is 29.0. The lowest BCUT2D eigenvalue weighted by Gasteiger charge is -2.37. The average molecular weight is 834 g/mol. The molecule has 4 heterocycles. The van der Waals surface area contributed by atoms with Gasteiger partial charge in [-0.2, -0.15) is 13.2 Å². The number of alkyl carbamates (subject to hydrolysis) is 1. The number of carbonyl (C=O) groups is 4. The van der Waals surface area contributed by atoms with Crippen LogP contribution in [0.1, 0.15) is 103 Å². The van der Waals surface area contributed by atoms with E-state index < -0.39 is 90.9 Å². The summed E-state index contributed by atoms with van der Waals surface area (Å²) in [5, 5.41) is 5.85. The molecule has 5 atom stereocenters. The van der Waals surface area contributed by atoms with Crippen LogP contribution in [0.4, 0.5) is 18.0 Å². The van der Waals surface area contributed by atoms with Crippen molar-refractivity contribution in [3.8, 4) is 11.5 Å². The maximum Gasteiger partial charge on any atom is 0.437 e. The highest BCUT2D eigenvalue weighted by molar-refractivity contribution is 7.91. The first-order valence-corrected chi connectivity index (χ1v) is 21.2. The van der Waals surface area contributed by atoms with Crippen LogP contribution in [0.3, 0.4) is 0 Å². The minimum absolute atomic E-state index is 0.0659. The van der Waals surface area contributed by atoms with Gasteiger partial charge in [0.05, 0.1) is 23.9 Å². The summed E-state index contributed by atoms with van der Waals surface area (Å²) < 4.78 is 88.9. The van der Waals surface area contributed by atoms with E-state index in [4.69, 9.17) is 14.2 Å². The summed E-state index contributed by atoms with van der Waals surface area (Å²) in [5.41, 5.74) is -5.01. The Morgan fingerprint density at radius 3 is 2.48 bits per heavy atom. The Kier molecular flexibility index (Phi) is 10.4. The number of alkyl halides is 3. The Balaban J connectivity index is 1.27. The number of methoxy groups -OCH3 is 1. The van der Waals surface area contributed by atoms with Crippen LogP contribution in [-0.4, -0.2) is 89.3 Å².